The Morgan fingerprint density at radius 1 is 1.12 bits per heavy atom. The van der Waals surface area contributed by atoms with Crippen molar-refractivity contribution in [2.45, 2.75) is 50.5 Å². The Kier molecular flexibility index (Phi) is 3.42. The lowest BCUT2D eigenvalue weighted by molar-refractivity contribution is -0.231. The molecule has 1 aliphatic carbocycles. The first-order valence-corrected chi connectivity index (χ1v) is 9.15. The molecule has 0 bridgehead atoms. The molecule has 0 atom stereocenters. The average Bonchev–Trinajstić information content (AvgIpc) is 3.10. The van der Waals surface area contributed by atoms with Crippen LogP contribution in [0.2, 0.25) is 0 Å². The van der Waals surface area contributed by atoms with Crippen LogP contribution in [-0.2, 0) is 11.3 Å². The largest absolute Gasteiger partial charge is 0.462 e. The molecule has 0 unspecified atom stereocenters. The van der Waals surface area contributed by atoms with Crippen LogP contribution < -0.4 is 4.74 Å². The Morgan fingerprint density at radius 2 is 2.00 bits per heavy atom. The number of nitrogens with one attached hydrogen (secondary N) is 1. The smallest absolute Gasteiger partial charge is 0.213 e. The van der Waals surface area contributed by atoms with Gasteiger partial charge in [0.05, 0.1) is 6.61 Å². The number of nitrogens with zero attached hydrogens (tertiary/aromatic N) is 1. The van der Waals surface area contributed by atoms with E-state index in [4.69, 9.17) is 9.47 Å². The summed E-state index contributed by atoms with van der Waals surface area (Å²) in [4.78, 5) is 5.89. The first-order chi connectivity index (χ1) is 11.8. The number of aromatic nitrogens is 1. The first kappa shape index (κ1) is 14.6. The third kappa shape index (κ3) is 2.45. The maximum absolute atomic E-state index is 6.35. The van der Waals surface area contributed by atoms with Crippen molar-refractivity contribution < 1.29 is 9.47 Å². The summed E-state index contributed by atoms with van der Waals surface area (Å²) >= 11 is 0. The number of benzene rings is 1. The fourth-order valence-corrected chi connectivity index (χ4v) is 4.14. The van der Waals surface area contributed by atoms with Crippen molar-refractivity contribution in [1.29, 1.82) is 0 Å². The fraction of sp³-hybridized carbons (Fsp3) is 0.500. The summed E-state index contributed by atoms with van der Waals surface area (Å²) in [6.45, 7) is 2.84. The van der Waals surface area contributed by atoms with E-state index in [2.05, 4.69) is 34.1 Å². The molecule has 3 aliphatic rings. The third-order valence-corrected chi connectivity index (χ3v) is 5.91. The number of rotatable bonds is 2. The van der Waals surface area contributed by atoms with Crippen molar-refractivity contribution in [1.82, 2.24) is 9.88 Å². The van der Waals surface area contributed by atoms with Gasteiger partial charge in [0, 0.05) is 49.4 Å². The number of H-pyrrole nitrogens is 1. The maximum Gasteiger partial charge on any atom is 0.213 e. The normalized spacial score (nSPS) is 23.5. The lowest BCUT2D eigenvalue weighted by Gasteiger charge is -2.47. The molecule has 3 heterocycles. The fourth-order valence-electron chi connectivity index (χ4n) is 4.14. The van der Waals surface area contributed by atoms with Crippen LogP contribution in [0.5, 0.6) is 5.75 Å². The van der Waals surface area contributed by atoms with E-state index in [0.29, 0.717) is 6.61 Å². The van der Waals surface area contributed by atoms with Crippen LogP contribution in [-0.4, -0.2) is 34.8 Å². The Morgan fingerprint density at radius 3 is 2.71 bits per heavy atom. The van der Waals surface area contributed by atoms with Gasteiger partial charge in [0.25, 0.3) is 0 Å². The molecule has 5 rings (SSSR count). The van der Waals surface area contributed by atoms with Crippen LogP contribution in [0.4, 0.5) is 0 Å². The standard InChI is InChI=1S/C20H24N2O2/c1-3-17(4-1)22-11-8-20(9-12-22)23-14-16-13-15(6-7-19(16)24-20)18-5-2-10-21-18/h2,5-7,10,13,17,21H,1,3-4,8-9,11-12,14H2. The monoisotopic (exact) mass is 324 g/mol. The summed E-state index contributed by atoms with van der Waals surface area (Å²) in [7, 11) is 0. The lowest BCUT2D eigenvalue weighted by atomic mass is 9.89. The van der Waals surface area contributed by atoms with Crippen LogP contribution in [0.1, 0.15) is 37.7 Å². The number of fused-ring (bicyclic) bond motifs is 1. The van der Waals surface area contributed by atoms with Crippen molar-refractivity contribution in [3.8, 4) is 17.0 Å². The number of hydrogen-bond donors (Lipinski definition) is 1. The van der Waals surface area contributed by atoms with Gasteiger partial charge in [-0.25, -0.2) is 0 Å². The summed E-state index contributed by atoms with van der Waals surface area (Å²) in [5, 5.41) is 0. The summed E-state index contributed by atoms with van der Waals surface area (Å²) in [5.41, 5.74) is 3.46. The average molecular weight is 324 g/mol. The number of hydrogen-bond acceptors (Lipinski definition) is 3. The minimum absolute atomic E-state index is 0.402. The minimum atomic E-state index is -0.402. The van der Waals surface area contributed by atoms with Crippen LogP contribution >= 0.6 is 0 Å². The van der Waals surface area contributed by atoms with Gasteiger partial charge in [-0.05, 0) is 48.7 Å². The highest BCUT2D eigenvalue weighted by atomic mass is 16.7. The van der Waals surface area contributed by atoms with Gasteiger partial charge in [0.1, 0.15) is 5.75 Å². The number of piperidine rings is 1. The first-order valence-electron chi connectivity index (χ1n) is 9.15. The lowest BCUT2D eigenvalue weighted by Crippen LogP contribution is -2.54. The summed E-state index contributed by atoms with van der Waals surface area (Å²) < 4.78 is 12.6. The van der Waals surface area contributed by atoms with Crippen LogP contribution in [0.25, 0.3) is 11.3 Å². The van der Waals surface area contributed by atoms with Crippen molar-refractivity contribution in [3.05, 3.63) is 42.1 Å². The zero-order chi connectivity index (χ0) is 16.0. The summed E-state index contributed by atoms with van der Waals surface area (Å²) in [6.07, 6.45) is 8.04. The number of ether oxygens (including phenoxy) is 2. The van der Waals surface area contributed by atoms with Gasteiger partial charge < -0.3 is 14.5 Å². The van der Waals surface area contributed by atoms with Crippen molar-refractivity contribution in [3.63, 3.8) is 0 Å². The maximum atomic E-state index is 6.35. The number of likely N-dealkylation sites (tertiary alicyclic amines) is 1. The predicted molar refractivity (Wildman–Crippen MR) is 92.8 cm³/mol. The predicted octanol–water partition coefficient (Wildman–Crippen LogP) is 3.94. The van der Waals surface area contributed by atoms with E-state index in [1.165, 1.54) is 24.8 Å². The van der Waals surface area contributed by atoms with E-state index in [0.717, 1.165) is 49.0 Å². The van der Waals surface area contributed by atoms with Gasteiger partial charge >= 0.3 is 0 Å². The van der Waals surface area contributed by atoms with Gasteiger partial charge in [-0.2, -0.15) is 0 Å². The highest BCUT2D eigenvalue weighted by Crippen LogP contribution is 2.40. The molecule has 2 aromatic rings. The molecular weight excluding hydrogens is 300 g/mol. The number of aromatic amines is 1. The van der Waals surface area contributed by atoms with Gasteiger partial charge in [0.15, 0.2) is 0 Å². The quantitative estimate of drug-likeness (QED) is 0.909. The Labute approximate surface area is 142 Å². The molecular formula is C20H24N2O2. The third-order valence-electron chi connectivity index (χ3n) is 5.91. The highest BCUT2D eigenvalue weighted by molar-refractivity contribution is 5.62. The van der Waals surface area contributed by atoms with E-state index in [1.54, 1.807) is 0 Å². The van der Waals surface area contributed by atoms with Crippen molar-refractivity contribution >= 4 is 0 Å². The molecule has 24 heavy (non-hydrogen) atoms. The molecule has 4 heteroatoms. The highest BCUT2D eigenvalue weighted by Gasteiger charge is 2.42. The van der Waals surface area contributed by atoms with Gasteiger partial charge in [0.2, 0.25) is 5.79 Å². The van der Waals surface area contributed by atoms with Gasteiger partial charge in [-0.15, -0.1) is 0 Å². The second kappa shape index (κ2) is 5.64. The van der Waals surface area contributed by atoms with E-state index in [-0.39, 0.29) is 0 Å². The Hall–Kier alpha value is -1.78. The Balaban J connectivity index is 1.32. The van der Waals surface area contributed by atoms with E-state index >= 15 is 0 Å². The molecule has 2 aliphatic heterocycles. The van der Waals surface area contributed by atoms with Crippen LogP contribution in [0.15, 0.2) is 36.5 Å². The molecule has 1 aromatic carbocycles. The van der Waals surface area contributed by atoms with Crippen molar-refractivity contribution in [2.75, 3.05) is 13.1 Å². The molecule has 1 saturated carbocycles. The van der Waals surface area contributed by atoms with Gasteiger partial charge in [-0.1, -0.05) is 6.42 Å². The summed E-state index contributed by atoms with van der Waals surface area (Å²) in [5.74, 6) is 0.593. The van der Waals surface area contributed by atoms with Crippen LogP contribution in [0.3, 0.4) is 0 Å². The summed E-state index contributed by atoms with van der Waals surface area (Å²) in [6, 6.07) is 11.3. The topological polar surface area (TPSA) is 37.5 Å². The zero-order valence-corrected chi connectivity index (χ0v) is 14.0. The minimum Gasteiger partial charge on any atom is -0.462 e. The van der Waals surface area contributed by atoms with Crippen molar-refractivity contribution in [2.24, 2.45) is 0 Å². The molecule has 1 spiro atoms. The van der Waals surface area contributed by atoms with E-state index < -0.39 is 5.79 Å². The van der Waals surface area contributed by atoms with Gasteiger partial charge in [-0.3, -0.25) is 4.90 Å². The molecule has 1 saturated heterocycles. The molecule has 2 fully saturated rings. The Bertz CT molecular complexity index is 713. The molecule has 0 amide bonds. The second-order valence-electron chi connectivity index (χ2n) is 7.33. The molecule has 1 aromatic heterocycles. The molecule has 126 valence electrons. The molecule has 4 nitrogen and oxygen atoms in total. The SMILES string of the molecule is c1c[nH]c(-c2ccc3c(c2)COC2(CCN(C4CCC4)CC2)O3)c1. The second-order valence-corrected chi connectivity index (χ2v) is 7.33. The zero-order valence-electron chi connectivity index (χ0n) is 14.0. The van der Waals surface area contributed by atoms with E-state index in [1.807, 2.05) is 12.3 Å². The molecule has 0 radical (unpaired) electrons. The van der Waals surface area contributed by atoms with Crippen LogP contribution in [0, 0.1) is 0 Å². The van der Waals surface area contributed by atoms with E-state index in [9.17, 15) is 0 Å². The molecule has 1 N–H and O–H groups in total.